The number of rotatable bonds is 8. The van der Waals surface area contributed by atoms with Crippen molar-refractivity contribution < 1.29 is 31.9 Å². The molecule has 0 aliphatic heterocycles. The van der Waals surface area contributed by atoms with Crippen molar-refractivity contribution in [2.24, 2.45) is 0 Å². The third-order valence-electron chi connectivity index (χ3n) is 3.49. The van der Waals surface area contributed by atoms with Crippen LogP contribution in [-0.4, -0.2) is 34.0 Å². The van der Waals surface area contributed by atoms with Crippen molar-refractivity contribution in [2.45, 2.75) is 31.5 Å². The molecule has 1 unspecified atom stereocenters. The zero-order valence-electron chi connectivity index (χ0n) is 15.1. The fourth-order valence-electron chi connectivity index (χ4n) is 2.22. The lowest BCUT2D eigenvalue weighted by Crippen LogP contribution is -2.14. The Kier molecular flexibility index (Phi) is 6.33. The number of aryl methyl sites for hydroxylation is 1. The van der Waals surface area contributed by atoms with Crippen molar-refractivity contribution in [3.05, 3.63) is 42.0 Å². The molecule has 142 valence electrons. The van der Waals surface area contributed by atoms with Crippen LogP contribution in [0.4, 0.5) is 0 Å². The van der Waals surface area contributed by atoms with E-state index in [9.17, 15) is 13.5 Å². The second kappa shape index (κ2) is 8.29. The van der Waals surface area contributed by atoms with Gasteiger partial charge in [0.15, 0.2) is 11.2 Å². The third kappa shape index (κ3) is 4.80. The van der Waals surface area contributed by atoms with Gasteiger partial charge in [-0.2, -0.15) is 8.42 Å². The predicted octanol–water partition coefficient (Wildman–Crippen LogP) is 2.89. The Morgan fingerprint density at radius 1 is 1.00 bits per heavy atom. The largest absolute Gasteiger partial charge is 0.497 e. The van der Waals surface area contributed by atoms with Gasteiger partial charge in [0.2, 0.25) is 0 Å². The summed E-state index contributed by atoms with van der Waals surface area (Å²) >= 11 is 0. The topological polar surface area (TPSA) is 91.3 Å². The molecular weight excluding hydrogens is 360 g/mol. The Balaban J connectivity index is 2.38. The highest BCUT2D eigenvalue weighted by molar-refractivity contribution is 7.87. The lowest BCUT2D eigenvalue weighted by atomic mass is 10.2. The molecule has 0 aromatic heterocycles. The first-order valence-corrected chi connectivity index (χ1v) is 9.32. The van der Waals surface area contributed by atoms with Crippen molar-refractivity contribution in [3.63, 3.8) is 0 Å². The summed E-state index contributed by atoms with van der Waals surface area (Å²) in [5.74, 6) is 0.860. The molecule has 0 spiro atoms. The van der Waals surface area contributed by atoms with Crippen LogP contribution < -0.4 is 18.4 Å². The minimum absolute atomic E-state index is 0.0631. The van der Waals surface area contributed by atoms with Gasteiger partial charge in [0.1, 0.15) is 23.0 Å². The zero-order valence-corrected chi connectivity index (χ0v) is 15.9. The quantitative estimate of drug-likeness (QED) is 0.554. The fraction of sp³-hybridized carbons (Fsp3) is 0.333. The normalized spacial score (nSPS) is 12.3. The van der Waals surface area contributed by atoms with Gasteiger partial charge in [-0.3, -0.25) is 0 Å². The van der Waals surface area contributed by atoms with Crippen LogP contribution in [-0.2, 0) is 10.1 Å². The predicted molar refractivity (Wildman–Crippen MR) is 95.5 cm³/mol. The van der Waals surface area contributed by atoms with Crippen LogP contribution in [0.15, 0.2) is 41.3 Å². The van der Waals surface area contributed by atoms with Gasteiger partial charge >= 0.3 is 10.1 Å². The lowest BCUT2D eigenvalue weighted by molar-refractivity contribution is -0.0192. The summed E-state index contributed by atoms with van der Waals surface area (Å²) < 4.78 is 46.2. The van der Waals surface area contributed by atoms with Crippen molar-refractivity contribution in [3.8, 4) is 23.0 Å². The molecule has 7 nitrogen and oxygen atoms in total. The number of ether oxygens (including phenoxy) is 3. The average molecular weight is 382 g/mol. The molecule has 8 heteroatoms. The molecule has 0 aliphatic rings. The second-order valence-electron chi connectivity index (χ2n) is 5.52. The molecule has 1 atom stereocenters. The number of benzene rings is 2. The maximum absolute atomic E-state index is 12.7. The van der Waals surface area contributed by atoms with Crippen molar-refractivity contribution >= 4 is 10.1 Å². The number of hydrogen-bond acceptors (Lipinski definition) is 7. The summed E-state index contributed by atoms with van der Waals surface area (Å²) in [6.07, 6.45) is -0.594. The second-order valence-corrected chi connectivity index (χ2v) is 7.03. The molecule has 2 aromatic rings. The Bertz CT molecular complexity index is 862. The Hall–Kier alpha value is -2.45. The number of aliphatic hydroxyl groups is 1. The molecule has 2 aromatic carbocycles. The van der Waals surface area contributed by atoms with E-state index in [2.05, 4.69) is 0 Å². The van der Waals surface area contributed by atoms with Crippen LogP contribution in [0.5, 0.6) is 23.0 Å². The molecule has 0 radical (unpaired) electrons. The number of hydrogen-bond donors (Lipinski definition) is 1. The highest BCUT2D eigenvalue weighted by atomic mass is 32.2. The van der Waals surface area contributed by atoms with Crippen LogP contribution in [0.25, 0.3) is 0 Å². The first-order chi connectivity index (χ1) is 12.3. The molecule has 0 heterocycles. The maximum Gasteiger partial charge on any atom is 0.343 e. The van der Waals surface area contributed by atoms with Crippen molar-refractivity contribution in [1.82, 2.24) is 0 Å². The van der Waals surface area contributed by atoms with Gasteiger partial charge in [0.25, 0.3) is 0 Å². The van der Waals surface area contributed by atoms with Crippen LogP contribution in [0, 0.1) is 6.92 Å². The monoisotopic (exact) mass is 382 g/mol. The van der Waals surface area contributed by atoms with E-state index in [1.807, 2.05) is 0 Å². The average Bonchev–Trinajstić information content (AvgIpc) is 2.60. The van der Waals surface area contributed by atoms with Gasteiger partial charge in [0.05, 0.1) is 14.2 Å². The van der Waals surface area contributed by atoms with Crippen molar-refractivity contribution in [2.75, 3.05) is 14.2 Å². The van der Waals surface area contributed by atoms with E-state index in [4.69, 9.17) is 18.4 Å². The van der Waals surface area contributed by atoms with Gasteiger partial charge < -0.3 is 23.5 Å². The summed E-state index contributed by atoms with van der Waals surface area (Å²) in [6.45, 7) is 3.52. The molecule has 0 saturated heterocycles. The lowest BCUT2D eigenvalue weighted by Gasteiger charge is -2.15. The van der Waals surface area contributed by atoms with Crippen LogP contribution in [0.3, 0.4) is 0 Å². The van der Waals surface area contributed by atoms with Gasteiger partial charge in [-0.25, -0.2) is 0 Å². The first kappa shape index (κ1) is 19.9. The molecule has 0 fully saturated rings. The van der Waals surface area contributed by atoms with Gasteiger partial charge in [-0.05, 0) is 36.8 Å². The van der Waals surface area contributed by atoms with E-state index in [-0.39, 0.29) is 16.4 Å². The minimum atomic E-state index is -4.18. The van der Waals surface area contributed by atoms with Crippen LogP contribution in [0.1, 0.15) is 18.9 Å². The van der Waals surface area contributed by atoms with E-state index >= 15 is 0 Å². The smallest absolute Gasteiger partial charge is 0.343 e. The Morgan fingerprint density at radius 2 is 1.69 bits per heavy atom. The first-order valence-electron chi connectivity index (χ1n) is 7.92. The van der Waals surface area contributed by atoms with Gasteiger partial charge in [-0.1, -0.05) is 6.92 Å². The molecule has 2 rings (SSSR count). The Morgan fingerprint density at radius 3 is 2.31 bits per heavy atom. The van der Waals surface area contributed by atoms with Gasteiger partial charge in [0, 0.05) is 18.6 Å². The van der Waals surface area contributed by atoms with E-state index in [0.717, 1.165) is 0 Å². The summed E-state index contributed by atoms with van der Waals surface area (Å²) in [4.78, 5) is -0.156. The Labute approximate surface area is 153 Å². The molecule has 0 amide bonds. The summed E-state index contributed by atoms with van der Waals surface area (Å²) in [5.41, 5.74) is 0.716. The standard InChI is InChI=1S/C18H22O7S/c1-5-18(19)24-14-8-12(2)9-15(10-14)25-26(20,21)17-11-13(22-3)6-7-16(17)23-4/h6-11,18-19H,5H2,1-4H3. The van der Waals surface area contributed by atoms with E-state index < -0.39 is 16.4 Å². The summed E-state index contributed by atoms with van der Waals surface area (Å²) in [5, 5.41) is 9.62. The third-order valence-corrected chi connectivity index (χ3v) is 4.76. The van der Waals surface area contributed by atoms with Crippen LogP contribution in [0.2, 0.25) is 0 Å². The van der Waals surface area contributed by atoms with E-state index in [1.54, 1.807) is 32.0 Å². The molecular formula is C18H22O7S. The van der Waals surface area contributed by atoms with Crippen molar-refractivity contribution in [1.29, 1.82) is 0 Å². The maximum atomic E-state index is 12.7. The van der Waals surface area contributed by atoms with E-state index in [0.29, 0.717) is 23.5 Å². The fourth-order valence-corrected chi connectivity index (χ4v) is 3.32. The summed E-state index contributed by atoms with van der Waals surface area (Å²) in [7, 11) is -1.38. The molecule has 26 heavy (non-hydrogen) atoms. The number of methoxy groups -OCH3 is 2. The molecule has 1 N–H and O–H groups in total. The highest BCUT2D eigenvalue weighted by Crippen LogP contribution is 2.32. The molecule has 0 bridgehead atoms. The molecule has 0 saturated carbocycles. The van der Waals surface area contributed by atoms with E-state index in [1.165, 1.54) is 32.4 Å². The molecule has 0 aliphatic carbocycles. The number of aliphatic hydroxyl groups excluding tert-OH is 1. The minimum Gasteiger partial charge on any atom is -0.497 e. The highest BCUT2D eigenvalue weighted by Gasteiger charge is 2.23. The SMILES string of the molecule is CCC(O)Oc1cc(C)cc(OS(=O)(=O)c2cc(OC)ccc2OC)c1. The zero-order chi connectivity index (χ0) is 19.3. The summed E-state index contributed by atoms with van der Waals surface area (Å²) in [6, 6.07) is 9.01. The van der Waals surface area contributed by atoms with Gasteiger partial charge in [-0.15, -0.1) is 0 Å². The van der Waals surface area contributed by atoms with Crippen LogP contribution >= 0.6 is 0 Å².